The third-order valence-corrected chi connectivity index (χ3v) is 3.11. The normalized spacial score (nSPS) is 13.0. The maximum Gasteiger partial charge on any atom is 0.119 e. The van der Waals surface area contributed by atoms with E-state index in [1.807, 2.05) is 6.07 Å². The molecule has 108 valence electrons. The Bertz CT molecular complexity index is 360. The highest BCUT2D eigenvalue weighted by atomic mass is 16.5. The summed E-state index contributed by atoms with van der Waals surface area (Å²) in [5.41, 5.74) is 1.37. The molecule has 0 amide bonds. The third-order valence-electron chi connectivity index (χ3n) is 3.11. The van der Waals surface area contributed by atoms with Gasteiger partial charge in [0.05, 0.1) is 6.10 Å². The summed E-state index contributed by atoms with van der Waals surface area (Å²) in [5, 5.41) is 3.50. The first kappa shape index (κ1) is 16.0. The van der Waals surface area contributed by atoms with Crippen molar-refractivity contribution < 1.29 is 4.74 Å². The van der Waals surface area contributed by atoms with Gasteiger partial charge in [0, 0.05) is 0 Å². The molecule has 0 spiro atoms. The van der Waals surface area contributed by atoms with Gasteiger partial charge in [0.15, 0.2) is 0 Å². The second-order valence-corrected chi connectivity index (χ2v) is 6.03. The van der Waals surface area contributed by atoms with Gasteiger partial charge in [-0.25, -0.2) is 0 Å². The zero-order chi connectivity index (χ0) is 14.3. The molecule has 1 unspecified atom stereocenters. The Labute approximate surface area is 118 Å². The molecule has 1 atom stereocenters. The second kappa shape index (κ2) is 8.21. The molecule has 0 aliphatic heterocycles. The summed E-state index contributed by atoms with van der Waals surface area (Å²) in [6.07, 6.45) is 1.40. The first-order valence-electron chi connectivity index (χ1n) is 7.46. The predicted molar refractivity (Wildman–Crippen MR) is 82.9 cm³/mol. The van der Waals surface area contributed by atoms with E-state index in [9.17, 15) is 0 Å². The Morgan fingerprint density at radius 1 is 1.11 bits per heavy atom. The van der Waals surface area contributed by atoms with Crippen LogP contribution < -0.4 is 10.1 Å². The number of nitrogens with one attached hydrogen (secondary N) is 1. The van der Waals surface area contributed by atoms with Crippen LogP contribution in [0.15, 0.2) is 24.3 Å². The molecule has 0 saturated heterocycles. The van der Waals surface area contributed by atoms with Crippen LogP contribution in [0.4, 0.5) is 0 Å². The average molecular weight is 263 g/mol. The predicted octanol–water partition coefficient (Wildman–Crippen LogP) is 4.21. The van der Waals surface area contributed by atoms with E-state index < -0.39 is 0 Å². The molecule has 0 bridgehead atoms. The van der Waals surface area contributed by atoms with E-state index in [1.165, 1.54) is 5.56 Å². The molecule has 0 aromatic heterocycles. The van der Waals surface area contributed by atoms with Gasteiger partial charge in [-0.1, -0.05) is 32.9 Å². The van der Waals surface area contributed by atoms with Crippen LogP contribution in [0.3, 0.4) is 0 Å². The smallest absolute Gasteiger partial charge is 0.119 e. The van der Waals surface area contributed by atoms with Gasteiger partial charge >= 0.3 is 0 Å². The number of hydrogen-bond donors (Lipinski definition) is 1. The monoisotopic (exact) mass is 263 g/mol. The van der Waals surface area contributed by atoms with Gasteiger partial charge < -0.3 is 10.1 Å². The van der Waals surface area contributed by atoms with E-state index in [0.29, 0.717) is 5.92 Å². The fraction of sp³-hybridized carbons (Fsp3) is 0.647. The largest absolute Gasteiger partial charge is 0.491 e. The summed E-state index contributed by atoms with van der Waals surface area (Å²) < 4.78 is 5.75. The number of rotatable bonds is 8. The molecule has 2 nitrogen and oxygen atoms in total. The molecule has 0 fully saturated rings. The van der Waals surface area contributed by atoms with Gasteiger partial charge in [0.2, 0.25) is 0 Å². The summed E-state index contributed by atoms with van der Waals surface area (Å²) in [4.78, 5) is 0. The van der Waals surface area contributed by atoms with E-state index in [0.717, 1.165) is 31.2 Å². The van der Waals surface area contributed by atoms with Crippen molar-refractivity contribution in [3.05, 3.63) is 29.8 Å². The minimum atomic E-state index is 0.235. The maximum absolute atomic E-state index is 5.75. The highest BCUT2D eigenvalue weighted by Gasteiger charge is 2.07. The van der Waals surface area contributed by atoms with Crippen molar-refractivity contribution in [3.8, 4) is 5.75 Å². The highest BCUT2D eigenvalue weighted by Crippen LogP contribution is 2.23. The summed E-state index contributed by atoms with van der Waals surface area (Å²) in [6, 6.07) is 8.49. The van der Waals surface area contributed by atoms with Gasteiger partial charge in [-0.2, -0.15) is 0 Å². The molecular formula is C17H29NO. The molecule has 0 aliphatic rings. The Kier molecular flexibility index (Phi) is 6.93. The van der Waals surface area contributed by atoms with E-state index in [-0.39, 0.29) is 6.10 Å². The standard InChI is InChI=1S/C17H29NO/c1-13(2)12-18-10-9-15(5)16-7-6-8-17(11-16)19-14(3)4/h6-8,11,13-15,18H,9-10,12H2,1-5H3. The lowest BCUT2D eigenvalue weighted by Gasteiger charge is -2.16. The summed E-state index contributed by atoms with van der Waals surface area (Å²) >= 11 is 0. The van der Waals surface area contributed by atoms with Crippen LogP contribution in [-0.2, 0) is 0 Å². The number of benzene rings is 1. The van der Waals surface area contributed by atoms with E-state index >= 15 is 0 Å². The average Bonchev–Trinajstić information content (AvgIpc) is 2.33. The van der Waals surface area contributed by atoms with Crippen LogP contribution in [0.5, 0.6) is 5.75 Å². The van der Waals surface area contributed by atoms with Crippen LogP contribution >= 0.6 is 0 Å². The molecule has 1 aromatic carbocycles. The topological polar surface area (TPSA) is 21.3 Å². The molecule has 0 aliphatic carbocycles. The first-order valence-corrected chi connectivity index (χ1v) is 7.46. The van der Waals surface area contributed by atoms with Crippen LogP contribution in [0.25, 0.3) is 0 Å². The van der Waals surface area contributed by atoms with Gasteiger partial charge in [0.1, 0.15) is 5.75 Å². The molecule has 1 aromatic rings. The van der Waals surface area contributed by atoms with Gasteiger partial charge in [-0.05, 0) is 62.9 Å². The summed E-state index contributed by atoms with van der Waals surface area (Å²) in [5.74, 6) is 2.27. The van der Waals surface area contributed by atoms with Gasteiger partial charge in [-0.15, -0.1) is 0 Å². The van der Waals surface area contributed by atoms with E-state index in [2.05, 4.69) is 58.1 Å². The third kappa shape index (κ3) is 6.63. The fourth-order valence-corrected chi connectivity index (χ4v) is 2.04. The molecule has 1 N–H and O–H groups in total. The Morgan fingerprint density at radius 2 is 1.84 bits per heavy atom. The lowest BCUT2D eigenvalue weighted by Crippen LogP contribution is -2.21. The van der Waals surface area contributed by atoms with Crippen LogP contribution in [0, 0.1) is 5.92 Å². The lowest BCUT2D eigenvalue weighted by molar-refractivity contribution is 0.242. The van der Waals surface area contributed by atoms with Crippen LogP contribution in [-0.4, -0.2) is 19.2 Å². The van der Waals surface area contributed by atoms with E-state index in [1.54, 1.807) is 0 Å². The molecule has 0 radical (unpaired) electrons. The highest BCUT2D eigenvalue weighted by molar-refractivity contribution is 5.30. The molecule has 0 saturated carbocycles. The van der Waals surface area contributed by atoms with Gasteiger partial charge in [0.25, 0.3) is 0 Å². The number of hydrogen-bond acceptors (Lipinski definition) is 2. The van der Waals surface area contributed by atoms with Gasteiger partial charge in [-0.3, -0.25) is 0 Å². The minimum Gasteiger partial charge on any atom is -0.491 e. The maximum atomic E-state index is 5.75. The quantitative estimate of drug-likeness (QED) is 0.709. The SMILES string of the molecule is CC(C)CNCCC(C)c1cccc(OC(C)C)c1. The first-order chi connectivity index (χ1) is 8.99. The number of ether oxygens (including phenoxy) is 1. The zero-order valence-corrected chi connectivity index (χ0v) is 13.1. The van der Waals surface area contributed by atoms with Crippen molar-refractivity contribution in [1.29, 1.82) is 0 Å². The van der Waals surface area contributed by atoms with Crippen molar-refractivity contribution >= 4 is 0 Å². The van der Waals surface area contributed by atoms with Crippen molar-refractivity contribution in [2.75, 3.05) is 13.1 Å². The Morgan fingerprint density at radius 3 is 2.47 bits per heavy atom. The lowest BCUT2D eigenvalue weighted by atomic mass is 9.97. The zero-order valence-electron chi connectivity index (χ0n) is 13.1. The Hall–Kier alpha value is -1.02. The Balaban J connectivity index is 2.45. The second-order valence-electron chi connectivity index (χ2n) is 6.03. The van der Waals surface area contributed by atoms with Crippen LogP contribution in [0.1, 0.15) is 52.5 Å². The molecule has 0 heterocycles. The summed E-state index contributed by atoms with van der Waals surface area (Å²) in [7, 11) is 0. The minimum absolute atomic E-state index is 0.235. The van der Waals surface area contributed by atoms with Crippen molar-refractivity contribution in [1.82, 2.24) is 5.32 Å². The molecule has 19 heavy (non-hydrogen) atoms. The molecule has 2 heteroatoms. The molecular weight excluding hydrogens is 234 g/mol. The van der Waals surface area contributed by atoms with Crippen molar-refractivity contribution in [3.63, 3.8) is 0 Å². The van der Waals surface area contributed by atoms with Crippen molar-refractivity contribution in [2.45, 2.75) is 53.1 Å². The fourth-order valence-electron chi connectivity index (χ4n) is 2.04. The van der Waals surface area contributed by atoms with Crippen molar-refractivity contribution in [2.24, 2.45) is 5.92 Å². The van der Waals surface area contributed by atoms with E-state index in [4.69, 9.17) is 4.74 Å². The molecule has 1 rings (SSSR count). The summed E-state index contributed by atoms with van der Waals surface area (Å²) in [6.45, 7) is 13.1. The van der Waals surface area contributed by atoms with Crippen LogP contribution in [0.2, 0.25) is 0 Å².